The highest BCUT2D eigenvalue weighted by Gasteiger charge is 2.25. The van der Waals surface area contributed by atoms with Crippen LogP contribution in [0.25, 0.3) is 0 Å². The van der Waals surface area contributed by atoms with Gasteiger partial charge in [-0.15, -0.1) is 0 Å². The van der Waals surface area contributed by atoms with Gasteiger partial charge in [0.05, 0.1) is 9.85 Å². The van der Waals surface area contributed by atoms with E-state index < -0.39 is 27.1 Å². The summed E-state index contributed by atoms with van der Waals surface area (Å²) in [4.78, 5) is 32.2. The molecule has 2 rings (SSSR count). The van der Waals surface area contributed by atoms with Crippen LogP contribution in [0.15, 0.2) is 36.4 Å². The summed E-state index contributed by atoms with van der Waals surface area (Å²) in [7, 11) is 0. The number of hydrogen-bond acceptors (Lipinski definition) is 5. The summed E-state index contributed by atoms with van der Waals surface area (Å²) in [6, 6.07) is 8.47. The van der Waals surface area contributed by atoms with Crippen molar-refractivity contribution in [3.8, 4) is 0 Å². The van der Waals surface area contributed by atoms with Gasteiger partial charge in [-0.1, -0.05) is 17.7 Å². The van der Waals surface area contributed by atoms with Gasteiger partial charge in [-0.3, -0.25) is 25.0 Å². The van der Waals surface area contributed by atoms with E-state index in [0.717, 1.165) is 23.3 Å². The molecule has 0 saturated carbocycles. The molecule has 2 aromatic rings. The van der Waals surface area contributed by atoms with E-state index >= 15 is 0 Å². The van der Waals surface area contributed by atoms with Crippen molar-refractivity contribution in [2.24, 2.45) is 0 Å². The first kappa shape index (κ1) is 16.1. The van der Waals surface area contributed by atoms with E-state index in [4.69, 9.17) is 0 Å². The molecule has 1 N–H and O–H groups in total. The van der Waals surface area contributed by atoms with Gasteiger partial charge in [-0.2, -0.15) is 0 Å². The quantitative estimate of drug-likeness (QED) is 0.686. The Balaban J connectivity index is 2.34. The molecular weight excluding hydrogens is 302 g/mol. The lowest BCUT2D eigenvalue weighted by Gasteiger charge is -2.09. The van der Waals surface area contributed by atoms with Gasteiger partial charge in [0.1, 0.15) is 0 Å². The van der Waals surface area contributed by atoms with E-state index in [-0.39, 0.29) is 5.56 Å². The van der Waals surface area contributed by atoms with Gasteiger partial charge in [-0.05, 0) is 31.5 Å². The Bertz CT molecular complexity index is 817. The zero-order valence-electron chi connectivity index (χ0n) is 12.4. The number of carbonyl (C=O) groups is 1. The fraction of sp³-hybridized carbons (Fsp3) is 0.133. The smallest absolute Gasteiger partial charge is 0.322 e. The lowest BCUT2D eigenvalue weighted by atomic mass is 10.1. The number of nitrogens with zero attached hydrogens (tertiary/aromatic N) is 2. The van der Waals surface area contributed by atoms with E-state index in [2.05, 4.69) is 5.32 Å². The number of nitro benzene ring substituents is 2. The summed E-state index contributed by atoms with van der Waals surface area (Å²) in [6.45, 7) is 3.74. The Hall–Kier alpha value is -3.29. The van der Waals surface area contributed by atoms with Crippen molar-refractivity contribution in [1.82, 2.24) is 0 Å². The number of nitro groups is 2. The lowest BCUT2D eigenvalue weighted by molar-refractivity contribution is -0.422. The number of amides is 1. The van der Waals surface area contributed by atoms with Crippen LogP contribution in [0, 0.1) is 34.1 Å². The van der Waals surface area contributed by atoms with E-state index in [1.165, 1.54) is 6.07 Å². The summed E-state index contributed by atoms with van der Waals surface area (Å²) >= 11 is 0. The minimum atomic E-state index is -0.883. The average molecular weight is 315 g/mol. The van der Waals surface area contributed by atoms with Crippen molar-refractivity contribution >= 4 is 23.0 Å². The van der Waals surface area contributed by atoms with Gasteiger partial charge in [0.25, 0.3) is 5.91 Å². The van der Waals surface area contributed by atoms with Gasteiger partial charge in [0, 0.05) is 23.4 Å². The Kier molecular flexibility index (Phi) is 4.35. The molecule has 23 heavy (non-hydrogen) atoms. The highest BCUT2D eigenvalue weighted by molar-refractivity contribution is 6.05. The Labute approximate surface area is 131 Å². The minimum Gasteiger partial charge on any atom is -0.322 e. The zero-order valence-corrected chi connectivity index (χ0v) is 12.4. The predicted octanol–water partition coefficient (Wildman–Crippen LogP) is 3.37. The van der Waals surface area contributed by atoms with Crippen LogP contribution >= 0.6 is 0 Å². The average Bonchev–Trinajstić information content (AvgIpc) is 2.49. The third-order valence-corrected chi connectivity index (χ3v) is 3.26. The van der Waals surface area contributed by atoms with E-state index in [1.54, 1.807) is 6.07 Å². The van der Waals surface area contributed by atoms with Crippen LogP contribution in [0.5, 0.6) is 0 Å². The zero-order chi connectivity index (χ0) is 17.1. The summed E-state index contributed by atoms with van der Waals surface area (Å²) in [5.41, 5.74) is 1.05. The number of nitrogens with one attached hydrogen (secondary N) is 1. The topological polar surface area (TPSA) is 115 Å². The van der Waals surface area contributed by atoms with Crippen LogP contribution in [0.2, 0.25) is 0 Å². The highest BCUT2D eigenvalue weighted by atomic mass is 16.6. The van der Waals surface area contributed by atoms with Crippen molar-refractivity contribution in [1.29, 1.82) is 0 Å². The molecule has 0 fully saturated rings. The normalized spacial score (nSPS) is 10.2. The molecular formula is C15H13N3O5. The molecule has 0 radical (unpaired) electrons. The van der Waals surface area contributed by atoms with Crippen molar-refractivity contribution in [3.63, 3.8) is 0 Å². The fourth-order valence-electron chi connectivity index (χ4n) is 2.11. The summed E-state index contributed by atoms with van der Waals surface area (Å²) in [5.74, 6) is -0.574. The van der Waals surface area contributed by atoms with Gasteiger partial charge in [0.2, 0.25) is 0 Å². The third kappa shape index (κ3) is 3.49. The first-order valence-electron chi connectivity index (χ1n) is 6.61. The molecule has 8 nitrogen and oxygen atoms in total. The second-order valence-electron chi connectivity index (χ2n) is 4.99. The maximum Gasteiger partial charge on any atom is 0.346 e. The number of carbonyl (C=O) groups excluding carboxylic acids is 1. The standard InChI is InChI=1S/C15H13N3O5/c1-9-3-5-12(10(2)7-9)16-15(19)11-4-6-13(17(20)21)14(8-11)18(22)23/h3-8H,1-2H3,(H,16,19). The predicted molar refractivity (Wildman–Crippen MR) is 83.6 cm³/mol. The van der Waals surface area contributed by atoms with E-state index in [1.807, 2.05) is 26.0 Å². The summed E-state index contributed by atoms with van der Waals surface area (Å²) in [6.07, 6.45) is 0. The van der Waals surface area contributed by atoms with E-state index in [9.17, 15) is 25.0 Å². The molecule has 0 aliphatic carbocycles. The van der Waals surface area contributed by atoms with Gasteiger partial charge >= 0.3 is 11.4 Å². The van der Waals surface area contributed by atoms with Gasteiger partial charge in [0.15, 0.2) is 0 Å². The van der Waals surface area contributed by atoms with Crippen LogP contribution in [0.3, 0.4) is 0 Å². The first-order chi connectivity index (χ1) is 10.8. The summed E-state index contributed by atoms with van der Waals surface area (Å²) in [5, 5.41) is 24.3. The highest BCUT2D eigenvalue weighted by Crippen LogP contribution is 2.28. The van der Waals surface area contributed by atoms with Crippen molar-refractivity contribution in [2.75, 3.05) is 5.32 Å². The van der Waals surface area contributed by atoms with Crippen LogP contribution in [0.1, 0.15) is 21.5 Å². The first-order valence-corrected chi connectivity index (χ1v) is 6.61. The Morgan fingerprint density at radius 3 is 2.17 bits per heavy atom. The molecule has 118 valence electrons. The van der Waals surface area contributed by atoms with Crippen LogP contribution in [-0.4, -0.2) is 15.8 Å². The molecule has 0 aliphatic heterocycles. The molecule has 0 unspecified atom stereocenters. The monoisotopic (exact) mass is 315 g/mol. The second kappa shape index (κ2) is 6.22. The molecule has 1 amide bonds. The molecule has 0 aromatic heterocycles. The van der Waals surface area contributed by atoms with Crippen molar-refractivity contribution < 1.29 is 14.6 Å². The maximum atomic E-state index is 12.2. The summed E-state index contributed by atoms with van der Waals surface area (Å²) < 4.78 is 0. The van der Waals surface area contributed by atoms with Crippen molar-refractivity contribution in [3.05, 3.63) is 73.3 Å². The largest absolute Gasteiger partial charge is 0.346 e. The number of anilines is 1. The van der Waals surface area contributed by atoms with Crippen LogP contribution < -0.4 is 5.32 Å². The molecule has 0 aliphatic rings. The van der Waals surface area contributed by atoms with E-state index in [0.29, 0.717) is 5.69 Å². The Morgan fingerprint density at radius 1 is 0.957 bits per heavy atom. The molecule has 2 aromatic carbocycles. The fourth-order valence-corrected chi connectivity index (χ4v) is 2.11. The Morgan fingerprint density at radius 2 is 1.61 bits per heavy atom. The van der Waals surface area contributed by atoms with Crippen molar-refractivity contribution in [2.45, 2.75) is 13.8 Å². The third-order valence-electron chi connectivity index (χ3n) is 3.26. The number of aryl methyl sites for hydroxylation is 2. The molecule has 0 spiro atoms. The molecule has 0 heterocycles. The molecule has 0 bridgehead atoms. The van der Waals surface area contributed by atoms with Gasteiger partial charge in [-0.25, -0.2) is 0 Å². The molecule has 0 atom stereocenters. The van der Waals surface area contributed by atoms with Crippen LogP contribution in [0.4, 0.5) is 17.1 Å². The SMILES string of the molecule is Cc1ccc(NC(=O)c2ccc([N+](=O)[O-])c([N+](=O)[O-])c2)c(C)c1. The lowest BCUT2D eigenvalue weighted by Crippen LogP contribution is -2.13. The molecule has 8 heteroatoms. The maximum absolute atomic E-state index is 12.2. The molecule has 0 saturated heterocycles. The number of benzene rings is 2. The van der Waals surface area contributed by atoms with Gasteiger partial charge < -0.3 is 5.32 Å². The van der Waals surface area contributed by atoms with Crippen LogP contribution in [-0.2, 0) is 0 Å². The second-order valence-corrected chi connectivity index (χ2v) is 4.99. The number of hydrogen-bond donors (Lipinski definition) is 1. The minimum absolute atomic E-state index is 0.0257. The number of rotatable bonds is 4.